The first kappa shape index (κ1) is 12.0. The van der Waals surface area contributed by atoms with E-state index in [1.807, 2.05) is 0 Å². The van der Waals surface area contributed by atoms with E-state index in [0.29, 0.717) is 41.3 Å². The molecule has 0 amide bonds. The molecule has 4 fully saturated rings. The molecule has 0 radical (unpaired) electrons. The molecule has 1 N–H and O–H groups in total. The third-order valence-electron chi connectivity index (χ3n) is 6.56. The standard InChI is InChI=1S/C16H22O3/c1-8(2)15(18)19-7-9-3-10-4-11(9)12-5-14(17)13-6-16(10,12)13/h9-14,17H,1,3-7H2,2H3. The van der Waals surface area contributed by atoms with Crippen molar-refractivity contribution in [3.63, 3.8) is 0 Å². The van der Waals surface area contributed by atoms with Crippen LogP contribution in [0.5, 0.6) is 0 Å². The van der Waals surface area contributed by atoms with Crippen molar-refractivity contribution in [2.45, 2.75) is 38.7 Å². The summed E-state index contributed by atoms with van der Waals surface area (Å²) in [6.45, 7) is 5.87. The number of ether oxygens (including phenoxy) is 1. The van der Waals surface area contributed by atoms with Crippen LogP contribution in [0, 0.1) is 35.0 Å². The van der Waals surface area contributed by atoms with Crippen LogP contribution in [-0.4, -0.2) is 23.8 Å². The Morgan fingerprint density at radius 2 is 2.16 bits per heavy atom. The minimum absolute atomic E-state index is 0.0491. The van der Waals surface area contributed by atoms with Gasteiger partial charge in [-0.25, -0.2) is 4.79 Å². The molecule has 0 saturated heterocycles. The summed E-state index contributed by atoms with van der Waals surface area (Å²) in [7, 11) is 0. The Bertz CT molecular complexity index is 457. The topological polar surface area (TPSA) is 46.5 Å². The summed E-state index contributed by atoms with van der Waals surface area (Å²) in [6, 6.07) is 0. The summed E-state index contributed by atoms with van der Waals surface area (Å²) >= 11 is 0. The van der Waals surface area contributed by atoms with Gasteiger partial charge in [0.2, 0.25) is 0 Å². The predicted octanol–water partition coefficient (Wildman–Crippen LogP) is 2.15. The van der Waals surface area contributed by atoms with Crippen LogP contribution in [0.4, 0.5) is 0 Å². The van der Waals surface area contributed by atoms with Gasteiger partial charge in [-0.2, -0.15) is 0 Å². The molecule has 0 aromatic heterocycles. The molecule has 3 heteroatoms. The van der Waals surface area contributed by atoms with Crippen molar-refractivity contribution in [2.75, 3.05) is 6.61 Å². The fourth-order valence-corrected chi connectivity index (χ4v) is 5.82. The van der Waals surface area contributed by atoms with Gasteiger partial charge in [0.05, 0.1) is 12.7 Å². The van der Waals surface area contributed by atoms with E-state index in [1.54, 1.807) is 6.92 Å². The number of esters is 1. The molecule has 104 valence electrons. The molecule has 0 aromatic rings. The first-order valence-corrected chi connectivity index (χ1v) is 7.54. The lowest BCUT2D eigenvalue weighted by Crippen LogP contribution is -2.31. The van der Waals surface area contributed by atoms with Crippen molar-refractivity contribution in [2.24, 2.45) is 35.0 Å². The van der Waals surface area contributed by atoms with Crippen LogP contribution in [0.2, 0.25) is 0 Å². The molecule has 19 heavy (non-hydrogen) atoms. The molecule has 4 rings (SSSR count). The summed E-state index contributed by atoms with van der Waals surface area (Å²) in [4.78, 5) is 11.5. The van der Waals surface area contributed by atoms with Crippen LogP contribution in [0.3, 0.4) is 0 Å². The average Bonchev–Trinajstić information content (AvgIpc) is 2.70. The third kappa shape index (κ3) is 1.40. The number of rotatable bonds is 3. The Balaban J connectivity index is 1.43. The van der Waals surface area contributed by atoms with Gasteiger partial charge in [0, 0.05) is 5.57 Å². The number of aliphatic hydroxyl groups is 1. The van der Waals surface area contributed by atoms with Crippen LogP contribution in [0.15, 0.2) is 12.2 Å². The molecule has 4 aliphatic rings. The maximum atomic E-state index is 11.5. The molecule has 1 spiro atoms. The first-order valence-electron chi connectivity index (χ1n) is 7.54. The van der Waals surface area contributed by atoms with Crippen LogP contribution in [0.1, 0.15) is 32.6 Å². The highest BCUT2D eigenvalue weighted by molar-refractivity contribution is 5.86. The lowest BCUT2D eigenvalue weighted by atomic mass is 9.72. The van der Waals surface area contributed by atoms with Crippen LogP contribution in [-0.2, 0) is 9.53 Å². The van der Waals surface area contributed by atoms with E-state index in [1.165, 1.54) is 19.3 Å². The summed E-state index contributed by atoms with van der Waals surface area (Å²) in [6.07, 6.45) is 4.72. The smallest absolute Gasteiger partial charge is 0.333 e. The minimum Gasteiger partial charge on any atom is -0.462 e. The van der Waals surface area contributed by atoms with Gasteiger partial charge in [-0.05, 0) is 67.6 Å². The van der Waals surface area contributed by atoms with Gasteiger partial charge in [-0.1, -0.05) is 6.58 Å². The lowest BCUT2D eigenvalue weighted by molar-refractivity contribution is -0.141. The molecule has 7 unspecified atom stereocenters. The SMILES string of the molecule is C=C(C)C(=O)OCC1CC2CC1C1CC(O)C3CC231. The van der Waals surface area contributed by atoms with E-state index < -0.39 is 0 Å². The summed E-state index contributed by atoms with van der Waals surface area (Å²) in [5, 5.41) is 10.1. The van der Waals surface area contributed by atoms with Gasteiger partial charge >= 0.3 is 5.97 Å². The third-order valence-corrected chi connectivity index (χ3v) is 6.56. The summed E-state index contributed by atoms with van der Waals surface area (Å²) in [5.41, 5.74) is 0.997. The second kappa shape index (κ2) is 3.63. The van der Waals surface area contributed by atoms with E-state index in [-0.39, 0.29) is 12.1 Å². The zero-order valence-electron chi connectivity index (χ0n) is 11.5. The molecule has 4 saturated carbocycles. The van der Waals surface area contributed by atoms with Gasteiger partial charge in [-0.3, -0.25) is 0 Å². The predicted molar refractivity (Wildman–Crippen MR) is 70.1 cm³/mol. The quantitative estimate of drug-likeness (QED) is 0.626. The van der Waals surface area contributed by atoms with E-state index >= 15 is 0 Å². The second-order valence-corrected chi connectivity index (χ2v) is 7.30. The van der Waals surface area contributed by atoms with Crippen LogP contribution < -0.4 is 0 Å². The van der Waals surface area contributed by atoms with Gasteiger partial charge in [0.15, 0.2) is 0 Å². The van der Waals surface area contributed by atoms with E-state index in [9.17, 15) is 9.90 Å². The maximum absolute atomic E-state index is 11.5. The lowest BCUT2D eigenvalue weighted by Gasteiger charge is -2.33. The van der Waals surface area contributed by atoms with Crippen molar-refractivity contribution in [3.05, 3.63) is 12.2 Å². The van der Waals surface area contributed by atoms with E-state index in [4.69, 9.17) is 4.74 Å². The second-order valence-electron chi connectivity index (χ2n) is 7.30. The Kier molecular flexibility index (Phi) is 2.28. The Morgan fingerprint density at radius 3 is 2.84 bits per heavy atom. The fraction of sp³-hybridized carbons (Fsp3) is 0.812. The first-order chi connectivity index (χ1) is 9.04. The zero-order valence-corrected chi connectivity index (χ0v) is 11.5. The minimum atomic E-state index is -0.256. The van der Waals surface area contributed by atoms with Gasteiger partial charge in [0.1, 0.15) is 0 Å². The van der Waals surface area contributed by atoms with Crippen molar-refractivity contribution in [1.29, 1.82) is 0 Å². The molecule has 0 aliphatic heterocycles. The van der Waals surface area contributed by atoms with Gasteiger partial charge < -0.3 is 9.84 Å². The fourth-order valence-electron chi connectivity index (χ4n) is 5.82. The molecule has 3 nitrogen and oxygen atoms in total. The normalized spacial score (nSPS) is 52.7. The molecule has 4 aliphatic carbocycles. The molecule has 0 heterocycles. The largest absolute Gasteiger partial charge is 0.462 e. The van der Waals surface area contributed by atoms with Crippen molar-refractivity contribution in [3.8, 4) is 0 Å². The van der Waals surface area contributed by atoms with Crippen molar-refractivity contribution in [1.82, 2.24) is 0 Å². The summed E-state index contributed by atoms with van der Waals surface area (Å²) in [5.74, 6) is 3.05. The van der Waals surface area contributed by atoms with E-state index in [0.717, 1.165) is 12.3 Å². The van der Waals surface area contributed by atoms with Crippen molar-refractivity contribution < 1.29 is 14.6 Å². The molecule has 0 aromatic carbocycles. The van der Waals surface area contributed by atoms with Gasteiger partial charge in [0.25, 0.3) is 0 Å². The molecule has 7 atom stereocenters. The highest BCUT2D eigenvalue weighted by Crippen LogP contribution is 2.80. The monoisotopic (exact) mass is 262 g/mol. The zero-order chi connectivity index (χ0) is 13.4. The molecular weight excluding hydrogens is 240 g/mol. The number of aliphatic hydroxyl groups excluding tert-OH is 1. The number of carbonyl (C=O) groups excluding carboxylic acids is 1. The van der Waals surface area contributed by atoms with Gasteiger partial charge in [-0.15, -0.1) is 0 Å². The Morgan fingerprint density at radius 1 is 1.37 bits per heavy atom. The Labute approximate surface area is 114 Å². The number of hydrogen-bond donors (Lipinski definition) is 1. The highest BCUT2D eigenvalue weighted by Gasteiger charge is 2.76. The number of carbonyl (C=O) groups is 1. The molecular formula is C16H22O3. The van der Waals surface area contributed by atoms with Crippen molar-refractivity contribution >= 4 is 5.97 Å². The van der Waals surface area contributed by atoms with E-state index in [2.05, 4.69) is 6.58 Å². The van der Waals surface area contributed by atoms with Crippen LogP contribution in [0.25, 0.3) is 0 Å². The maximum Gasteiger partial charge on any atom is 0.333 e. The van der Waals surface area contributed by atoms with Crippen LogP contribution >= 0.6 is 0 Å². The number of hydrogen-bond acceptors (Lipinski definition) is 3. The number of fused-ring (bicyclic) bond motifs is 3. The summed E-state index contributed by atoms with van der Waals surface area (Å²) < 4.78 is 5.36. The molecule has 2 bridgehead atoms. The highest BCUT2D eigenvalue weighted by atomic mass is 16.5. The Hall–Kier alpha value is -0.830. The average molecular weight is 262 g/mol.